The van der Waals surface area contributed by atoms with Gasteiger partial charge in [-0.1, -0.05) is 30.7 Å². The predicted octanol–water partition coefficient (Wildman–Crippen LogP) is 2.84. The number of hydrogen-bond donors (Lipinski definition) is 0. The molecule has 3 aliphatic rings. The highest BCUT2D eigenvalue weighted by molar-refractivity contribution is 5.19. The molecule has 0 aromatic carbocycles. The molecule has 0 aromatic heterocycles. The van der Waals surface area contributed by atoms with Crippen molar-refractivity contribution in [2.75, 3.05) is 39.3 Å². The molecule has 0 amide bonds. The first-order chi connectivity index (χ1) is 10.3. The van der Waals surface area contributed by atoms with Crippen LogP contribution in [-0.2, 0) is 4.74 Å². The van der Waals surface area contributed by atoms with Gasteiger partial charge in [-0.05, 0) is 32.1 Å². The van der Waals surface area contributed by atoms with Crippen LogP contribution in [0.25, 0.3) is 0 Å². The van der Waals surface area contributed by atoms with Crippen LogP contribution in [0.3, 0.4) is 0 Å². The predicted molar refractivity (Wildman–Crippen MR) is 87.5 cm³/mol. The monoisotopic (exact) mass is 290 g/mol. The number of piperazine rings is 1. The lowest BCUT2D eigenvalue weighted by Gasteiger charge is -2.42. The van der Waals surface area contributed by atoms with Crippen LogP contribution < -0.4 is 0 Å². The van der Waals surface area contributed by atoms with Crippen LogP contribution in [0.1, 0.15) is 39.0 Å². The van der Waals surface area contributed by atoms with Crippen LogP contribution in [0.4, 0.5) is 0 Å². The summed E-state index contributed by atoms with van der Waals surface area (Å²) in [5.41, 5.74) is 1.61. The standard InChI is InChI=1S/C18H30N2O/c1-2-17-14-19(15-18-9-6-12-21-18)10-11-20(17)13-16-7-4-3-5-8-16/h3-4,7,17-18H,2,5-6,8-15H2,1H3/t17-,18?/m0/s1. The van der Waals surface area contributed by atoms with Crippen molar-refractivity contribution in [2.45, 2.75) is 51.2 Å². The van der Waals surface area contributed by atoms with Crippen molar-refractivity contribution in [3.63, 3.8) is 0 Å². The van der Waals surface area contributed by atoms with Gasteiger partial charge in [0.25, 0.3) is 0 Å². The minimum Gasteiger partial charge on any atom is -0.377 e. The summed E-state index contributed by atoms with van der Waals surface area (Å²) in [6.45, 7) is 9.28. The van der Waals surface area contributed by atoms with Gasteiger partial charge in [0.15, 0.2) is 0 Å². The first-order valence-electron chi connectivity index (χ1n) is 8.77. The Morgan fingerprint density at radius 1 is 1.33 bits per heavy atom. The smallest absolute Gasteiger partial charge is 0.0702 e. The lowest BCUT2D eigenvalue weighted by molar-refractivity contribution is 0.0293. The Hall–Kier alpha value is -0.640. The maximum atomic E-state index is 5.80. The van der Waals surface area contributed by atoms with Crippen molar-refractivity contribution < 1.29 is 4.74 Å². The average Bonchev–Trinajstić information content (AvgIpc) is 3.03. The molecule has 0 spiro atoms. The van der Waals surface area contributed by atoms with Crippen molar-refractivity contribution in [2.24, 2.45) is 0 Å². The average molecular weight is 290 g/mol. The molecule has 2 aliphatic heterocycles. The van der Waals surface area contributed by atoms with E-state index in [1.807, 2.05) is 0 Å². The fourth-order valence-electron chi connectivity index (χ4n) is 3.84. The maximum absolute atomic E-state index is 5.80. The van der Waals surface area contributed by atoms with E-state index >= 15 is 0 Å². The van der Waals surface area contributed by atoms with E-state index in [1.54, 1.807) is 5.57 Å². The van der Waals surface area contributed by atoms with Gasteiger partial charge in [0.1, 0.15) is 0 Å². The summed E-state index contributed by atoms with van der Waals surface area (Å²) in [6, 6.07) is 0.715. The molecule has 2 saturated heterocycles. The van der Waals surface area contributed by atoms with Gasteiger partial charge in [0.05, 0.1) is 6.10 Å². The van der Waals surface area contributed by atoms with Crippen molar-refractivity contribution >= 4 is 0 Å². The Labute approximate surface area is 129 Å². The summed E-state index contributed by atoms with van der Waals surface area (Å²) in [7, 11) is 0. The third-order valence-corrected chi connectivity index (χ3v) is 5.15. The van der Waals surface area contributed by atoms with Crippen molar-refractivity contribution in [1.29, 1.82) is 0 Å². The van der Waals surface area contributed by atoms with Crippen LogP contribution in [0.5, 0.6) is 0 Å². The molecule has 3 heteroatoms. The molecular weight excluding hydrogens is 260 g/mol. The first kappa shape index (κ1) is 15.3. The molecule has 3 rings (SSSR count). The molecule has 1 aliphatic carbocycles. The quantitative estimate of drug-likeness (QED) is 0.774. The van der Waals surface area contributed by atoms with Crippen LogP contribution in [0, 0.1) is 0 Å². The maximum Gasteiger partial charge on any atom is 0.0702 e. The van der Waals surface area contributed by atoms with E-state index in [4.69, 9.17) is 4.74 Å². The third kappa shape index (κ3) is 4.18. The topological polar surface area (TPSA) is 15.7 Å². The highest BCUT2D eigenvalue weighted by atomic mass is 16.5. The van der Waals surface area contributed by atoms with E-state index in [0.717, 1.165) is 13.2 Å². The highest BCUT2D eigenvalue weighted by Gasteiger charge is 2.28. The number of allylic oxidation sites excluding steroid dienone is 3. The summed E-state index contributed by atoms with van der Waals surface area (Å²) >= 11 is 0. The zero-order valence-electron chi connectivity index (χ0n) is 13.5. The molecule has 118 valence electrons. The van der Waals surface area contributed by atoms with Crippen molar-refractivity contribution in [1.82, 2.24) is 9.80 Å². The lowest BCUT2D eigenvalue weighted by atomic mass is 10.0. The fraction of sp³-hybridized carbons (Fsp3) is 0.778. The van der Waals surface area contributed by atoms with Crippen LogP contribution in [0.2, 0.25) is 0 Å². The van der Waals surface area contributed by atoms with E-state index in [9.17, 15) is 0 Å². The van der Waals surface area contributed by atoms with E-state index in [1.165, 1.54) is 58.3 Å². The highest BCUT2D eigenvalue weighted by Crippen LogP contribution is 2.20. The molecule has 0 bridgehead atoms. The van der Waals surface area contributed by atoms with Crippen molar-refractivity contribution in [3.05, 3.63) is 23.8 Å². The molecule has 0 aromatic rings. The van der Waals surface area contributed by atoms with E-state index in [2.05, 4.69) is 35.0 Å². The summed E-state index contributed by atoms with van der Waals surface area (Å²) < 4.78 is 5.80. The second-order valence-electron chi connectivity index (χ2n) is 6.72. The summed E-state index contributed by atoms with van der Waals surface area (Å²) in [4.78, 5) is 5.34. The van der Waals surface area contributed by atoms with E-state index < -0.39 is 0 Å². The van der Waals surface area contributed by atoms with Crippen molar-refractivity contribution in [3.8, 4) is 0 Å². The molecule has 2 atom stereocenters. The van der Waals surface area contributed by atoms with Crippen LogP contribution in [-0.4, -0.2) is 61.3 Å². The van der Waals surface area contributed by atoms with Crippen LogP contribution in [0.15, 0.2) is 23.8 Å². The SMILES string of the molecule is CC[C@H]1CN(CC2CCCO2)CCN1CC1=CC=CCC1. The minimum absolute atomic E-state index is 0.500. The zero-order valence-corrected chi connectivity index (χ0v) is 13.5. The Balaban J connectivity index is 1.50. The molecule has 0 radical (unpaired) electrons. The molecular formula is C18H30N2O. The fourth-order valence-corrected chi connectivity index (χ4v) is 3.84. The molecule has 0 N–H and O–H groups in total. The second-order valence-corrected chi connectivity index (χ2v) is 6.72. The molecule has 2 fully saturated rings. The Morgan fingerprint density at radius 3 is 3.00 bits per heavy atom. The number of hydrogen-bond acceptors (Lipinski definition) is 3. The lowest BCUT2D eigenvalue weighted by Crippen LogP contribution is -2.54. The first-order valence-corrected chi connectivity index (χ1v) is 8.77. The van der Waals surface area contributed by atoms with Gasteiger partial charge in [0, 0.05) is 45.4 Å². The van der Waals surface area contributed by atoms with Gasteiger partial charge >= 0.3 is 0 Å². The van der Waals surface area contributed by atoms with Gasteiger partial charge in [-0.3, -0.25) is 9.80 Å². The molecule has 1 unspecified atom stereocenters. The van der Waals surface area contributed by atoms with Gasteiger partial charge in [0.2, 0.25) is 0 Å². The number of nitrogens with zero attached hydrogens (tertiary/aromatic N) is 2. The second kappa shape index (κ2) is 7.57. The summed E-state index contributed by atoms with van der Waals surface area (Å²) in [5.74, 6) is 0. The Bertz CT molecular complexity index is 385. The number of rotatable bonds is 5. The Morgan fingerprint density at radius 2 is 2.29 bits per heavy atom. The summed E-state index contributed by atoms with van der Waals surface area (Å²) in [6.07, 6.45) is 13.6. The largest absolute Gasteiger partial charge is 0.377 e. The van der Waals surface area contributed by atoms with Crippen LogP contribution >= 0.6 is 0 Å². The van der Waals surface area contributed by atoms with E-state index in [0.29, 0.717) is 12.1 Å². The minimum atomic E-state index is 0.500. The third-order valence-electron chi connectivity index (χ3n) is 5.15. The molecule has 0 saturated carbocycles. The van der Waals surface area contributed by atoms with Gasteiger partial charge in [-0.15, -0.1) is 0 Å². The normalized spacial score (nSPS) is 31.6. The molecule has 3 nitrogen and oxygen atoms in total. The zero-order chi connectivity index (χ0) is 14.5. The number of ether oxygens (including phenoxy) is 1. The molecule has 21 heavy (non-hydrogen) atoms. The summed E-state index contributed by atoms with van der Waals surface area (Å²) in [5, 5.41) is 0. The van der Waals surface area contributed by atoms with E-state index in [-0.39, 0.29) is 0 Å². The Kier molecular flexibility index (Phi) is 5.50. The van der Waals surface area contributed by atoms with Gasteiger partial charge in [-0.2, -0.15) is 0 Å². The van der Waals surface area contributed by atoms with Gasteiger partial charge < -0.3 is 4.74 Å². The van der Waals surface area contributed by atoms with Gasteiger partial charge in [-0.25, -0.2) is 0 Å². The molecule has 2 heterocycles.